The van der Waals surface area contributed by atoms with Crippen LogP contribution in [-0.4, -0.2) is 22.2 Å². The quantitative estimate of drug-likeness (QED) is 0.741. The molecule has 25 heavy (non-hydrogen) atoms. The monoisotopic (exact) mass is 331 g/mol. The summed E-state index contributed by atoms with van der Waals surface area (Å²) in [4.78, 5) is 26.6. The number of rotatable bonds is 3. The number of amides is 1. The van der Waals surface area contributed by atoms with E-state index in [9.17, 15) is 9.59 Å². The second kappa shape index (κ2) is 6.36. The average molecular weight is 331 g/mol. The standard InChI is InChI=1S/C20H17N3O2/c24-19-11-10-17(15-6-2-1-3-7-15)21-23(19)14-20(25)22-13-12-16-8-4-5-9-18(16)22/h1-11H,12-14H2. The largest absolute Gasteiger partial charge is 0.310 e. The number of fused-ring (bicyclic) bond motifs is 1. The lowest BCUT2D eigenvalue weighted by atomic mass is 10.1. The first kappa shape index (κ1) is 15.3. The summed E-state index contributed by atoms with van der Waals surface area (Å²) in [6.45, 7) is 0.582. The lowest BCUT2D eigenvalue weighted by molar-refractivity contribution is -0.119. The Morgan fingerprint density at radius 3 is 2.56 bits per heavy atom. The van der Waals surface area contributed by atoms with Gasteiger partial charge in [-0.05, 0) is 24.1 Å². The van der Waals surface area contributed by atoms with E-state index in [1.807, 2.05) is 54.6 Å². The van der Waals surface area contributed by atoms with Crippen LogP contribution in [0.15, 0.2) is 71.5 Å². The van der Waals surface area contributed by atoms with Crippen molar-refractivity contribution in [3.63, 3.8) is 0 Å². The van der Waals surface area contributed by atoms with Crippen molar-refractivity contribution >= 4 is 11.6 Å². The Hall–Kier alpha value is -3.21. The number of benzene rings is 2. The molecular formula is C20H17N3O2. The highest BCUT2D eigenvalue weighted by Gasteiger charge is 2.24. The van der Waals surface area contributed by atoms with Crippen molar-refractivity contribution < 1.29 is 4.79 Å². The Kier molecular flexibility index (Phi) is 3.90. The van der Waals surface area contributed by atoms with Gasteiger partial charge in [0, 0.05) is 23.9 Å². The predicted molar refractivity (Wildman–Crippen MR) is 96.4 cm³/mol. The first-order valence-electron chi connectivity index (χ1n) is 8.24. The number of aromatic nitrogens is 2. The van der Waals surface area contributed by atoms with E-state index in [0.29, 0.717) is 12.2 Å². The van der Waals surface area contributed by atoms with Crippen LogP contribution in [-0.2, 0) is 17.8 Å². The summed E-state index contributed by atoms with van der Waals surface area (Å²) in [5.41, 5.74) is 3.40. The number of carbonyl (C=O) groups is 1. The van der Waals surface area contributed by atoms with Gasteiger partial charge in [-0.2, -0.15) is 5.10 Å². The van der Waals surface area contributed by atoms with Gasteiger partial charge >= 0.3 is 0 Å². The Bertz CT molecular complexity index is 979. The van der Waals surface area contributed by atoms with Crippen molar-refractivity contribution in [1.29, 1.82) is 0 Å². The third-order valence-electron chi connectivity index (χ3n) is 4.41. The highest BCUT2D eigenvalue weighted by molar-refractivity contribution is 5.95. The van der Waals surface area contributed by atoms with Gasteiger partial charge in [-0.15, -0.1) is 0 Å². The van der Waals surface area contributed by atoms with Crippen molar-refractivity contribution in [1.82, 2.24) is 9.78 Å². The molecule has 0 fully saturated rings. The first-order chi connectivity index (χ1) is 12.2. The van der Waals surface area contributed by atoms with E-state index in [1.165, 1.54) is 10.7 Å². The third-order valence-corrected chi connectivity index (χ3v) is 4.41. The van der Waals surface area contributed by atoms with Gasteiger partial charge in [-0.3, -0.25) is 9.59 Å². The van der Waals surface area contributed by atoms with Gasteiger partial charge in [-0.25, -0.2) is 4.68 Å². The molecule has 0 aliphatic carbocycles. The molecule has 0 saturated heterocycles. The van der Waals surface area contributed by atoms with Crippen molar-refractivity contribution in [3.8, 4) is 11.3 Å². The minimum atomic E-state index is -0.277. The van der Waals surface area contributed by atoms with Crippen molar-refractivity contribution in [2.24, 2.45) is 0 Å². The average Bonchev–Trinajstić information content (AvgIpc) is 3.08. The number of hydrogen-bond acceptors (Lipinski definition) is 3. The number of carbonyl (C=O) groups excluding carboxylic acids is 1. The van der Waals surface area contributed by atoms with Crippen LogP contribution in [0.5, 0.6) is 0 Å². The number of para-hydroxylation sites is 1. The maximum atomic E-state index is 12.7. The van der Waals surface area contributed by atoms with E-state index in [1.54, 1.807) is 11.0 Å². The van der Waals surface area contributed by atoms with Crippen molar-refractivity contribution in [3.05, 3.63) is 82.6 Å². The van der Waals surface area contributed by atoms with E-state index in [2.05, 4.69) is 5.10 Å². The summed E-state index contributed by atoms with van der Waals surface area (Å²) in [5.74, 6) is -0.121. The van der Waals surface area contributed by atoms with Crippen molar-refractivity contribution in [2.45, 2.75) is 13.0 Å². The van der Waals surface area contributed by atoms with Crippen molar-refractivity contribution in [2.75, 3.05) is 11.4 Å². The van der Waals surface area contributed by atoms with E-state index in [0.717, 1.165) is 23.2 Å². The molecule has 1 aliphatic rings. The van der Waals surface area contributed by atoms with Crippen LogP contribution >= 0.6 is 0 Å². The van der Waals surface area contributed by atoms with Crippen LogP contribution in [0.2, 0.25) is 0 Å². The summed E-state index contributed by atoms with van der Waals surface area (Å²) < 4.78 is 1.24. The SMILES string of the molecule is O=C(Cn1nc(-c2ccccc2)ccc1=O)N1CCc2ccccc21. The molecule has 0 saturated carbocycles. The second-order valence-electron chi connectivity index (χ2n) is 6.00. The fourth-order valence-corrected chi connectivity index (χ4v) is 3.14. The summed E-state index contributed by atoms with van der Waals surface area (Å²) in [6, 6.07) is 20.6. The van der Waals surface area contributed by atoms with Crippen LogP contribution in [0.25, 0.3) is 11.3 Å². The minimum absolute atomic E-state index is 0.0617. The van der Waals surface area contributed by atoms with E-state index < -0.39 is 0 Å². The van der Waals surface area contributed by atoms with Crippen LogP contribution in [0, 0.1) is 0 Å². The molecule has 5 heteroatoms. The summed E-state index contributed by atoms with van der Waals surface area (Å²) in [5, 5.41) is 4.37. The van der Waals surface area contributed by atoms with Crippen LogP contribution in [0.3, 0.4) is 0 Å². The molecule has 124 valence electrons. The smallest absolute Gasteiger partial charge is 0.267 e. The van der Waals surface area contributed by atoms with Crippen LogP contribution in [0.1, 0.15) is 5.56 Å². The topological polar surface area (TPSA) is 55.2 Å². The third kappa shape index (κ3) is 2.96. The summed E-state index contributed by atoms with van der Waals surface area (Å²) in [6.07, 6.45) is 0.842. The lowest BCUT2D eigenvalue weighted by Gasteiger charge is -2.17. The number of anilines is 1. The number of hydrogen-bond donors (Lipinski definition) is 0. The van der Waals surface area contributed by atoms with E-state index in [-0.39, 0.29) is 18.0 Å². The maximum absolute atomic E-state index is 12.7. The second-order valence-corrected chi connectivity index (χ2v) is 6.00. The van der Waals surface area contributed by atoms with E-state index >= 15 is 0 Å². The fraction of sp³-hybridized carbons (Fsp3) is 0.150. The molecule has 0 bridgehead atoms. The normalized spacial score (nSPS) is 12.9. The van der Waals surface area contributed by atoms with Crippen LogP contribution in [0.4, 0.5) is 5.69 Å². The zero-order valence-corrected chi connectivity index (χ0v) is 13.6. The van der Waals surface area contributed by atoms with Gasteiger partial charge < -0.3 is 4.90 Å². The number of nitrogens with zero attached hydrogens (tertiary/aromatic N) is 3. The van der Waals surface area contributed by atoms with Gasteiger partial charge in [0.05, 0.1) is 5.69 Å². The Morgan fingerprint density at radius 1 is 0.960 bits per heavy atom. The van der Waals surface area contributed by atoms with Gasteiger partial charge in [-0.1, -0.05) is 48.5 Å². The fourth-order valence-electron chi connectivity index (χ4n) is 3.14. The molecule has 1 aromatic heterocycles. The minimum Gasteiger partial charge on any atom is -0.310 e. The van der Waals surface area contributed by atoms with Gasteiger partial charge in [0.1, 0.15) is 6.54 Å². The van der Waals surface area contributed by atoms with E-state index in [4.69, 9.17) is 0 Å². The Balaban J connectivity index is 1.61. The highest BCUT2D eigenvalue weighted by Crippen LogP contribution is 2.27. The summed E-state index contributed by atoms with van der Waals surface area (Å²) in [7, 11) is 0. The molecule has 0 N–H and O–H groups in total. The Morgan fingerprint density at radius 2 is 1.72 bits per heavy atom. The van der Waals surface area contributed by atoms with Gasteiger partial charge in [0.15, 0.2) is 0 Å². The predicted octanol–water partition coefficient (Wildman–Crippen LogP) is 2.50. The highest BCUT2D eigenvalue weighted by atomic mass is 16.2. The molecule has 5 nitrogen and oxygen atoms in total. The molecule has 2 heterocycles. The maximum Gasteiger partial charge on any atom is 0.267 e. The van der Waals surface area contributed by atoms with Crippen LogP contribution < -0.4 is 10.5 Å². The molecule has 3 aromatic rings. The zero-order valence-electron chi connectivity index (χ0n) is 13.6. The molecule has 0 unspecified atom stereocenters. The van der Waals surface area contributed by atoms with Gasteiger partial charge in [0.25, 0.3) is 5.56 Å². The molecule has 2 aromatic carbocycles. The first-order valence-corrected chi connectivity index (χ1v) is 8.24. The zero-order chi connectivity index (χ0) is 17.2. The van der Waals surface area contributed by atoms with Gasteiger partial charge in [0.2, 0.25) is 5.91 Å². The Labute approximate surface area is 145 Å². The molecule has 1 aliphatic heterocycles. The lowest BCUT2D eigenvalue weighted by Crippen LogP contribution is -2.36. The molecule has 4 rings (SSSR count). The molecule has 1 amide bonds. The molecule has 0 spiro atoms. The summed E-state index contributed by atoms with van der Waals surface area (Å²) >= 11 is 0. The molecule has 0 atom stereocenters. The molecular weight excluding hydrogens is 314 g/mol. The molecule has 0 radical (unpaired) electrons.